The van der Waals surface area contributed by atoms with Gasteiger partial charge in [0.25, 0.3) is 0 Å². The zero-order chi connectivity index (χ0) is 14.9. The molecule has 0 bridgehead atoms. The molecule has 1 unspecified atom stereocenters. The summed E-state index contributed by atoms with van der Waals surface area (Å²) in [5, 5.41) is 10.3. The molecule has 2 N–H and O–H groups in total. The molecule has 110 valence electrons. The van der Waals surface area contributed by atoms with Crippen LogP contribution in [0.4, 0.5) is 0 Å². The molecule has 0 radical (unpaired) electrons. The molecule has 3 rings (SSSR count). The first kappa shape index (κ1) is 14.1. The summed E-state index contributed by atoms with van der Waals surface area (Å²) in [6, 6.07) is 7.39. The average molecular weight is 305 g/mol. The van der Waals surface area contributed by atoms with Gasteiger partial charge in [0.1, 0.15) is 12.2 Å². The predicted octanol–water partition coefficient (Wildman–Crippen LogP) is 2.76. The number of H-pyrrole nitrogens is 1. The van der Waals surface area contributed by atoms with Gasteiger partial charge in [0.2, 0.25) is 5.91 Å². The van der Waals surface area contributed by atoms with Crippen molar-refractivity contribution in [3.8, 4) is 0 Å². The summed E-state index contributed by atoms with van der Waals surface area (Å²) in [7, 11) is 0. The Morgan fingerprint density at radius 1 is 1.48 bits per heavy atom. The number of nitrogens with one attached hydrogen (secondary N) is 2. The number of halogens is 1. The number of aromatic nitrogens is 3. The Hall–Kier alpha value is -1.88. The van der Waals surface area contributed by atoms with Crippen LogP contribution in [0.1, 0.15) is 43.6 Å². The number of rotatable bonds is 4. The van der Waals surface area contributed by atoms with Crippen molar-refractivity contribution >= 4 is 17.5 Å². The van der Waals surface area contributed by atoms with Crippen molar-refractivity contribution in [3.05, 3.63) is 47.0 Å². The third-order valence-electron chi connectivity index (χ3n) is 4.21. The van der Waals surface area contributed by atoms with E-state index in [0.717, 1.165) is 24.8 Å². The van der Waals surface area contributed by atoms with E-state index < -0.39 is 5.41 Å². The maximum Gasteiger partial charge on any atom is 0.231 e. The van der Waals surface area contributed by atoms with Crippen LogP contribution in [-0.2, 0) is 10.2 Å². The average Bonchev–Trinajstić information content (AvgIpc) is 2.91. The molecule has 1 atom stereocenters. The van der Waals surface area contributed by atoms with E-state index in [1.165, 1.54) is 6.33 Å². The number of nitrogens with zero attached hydrogens (tertiary/aromatic N) is 2. The zero-order valence-corrected chi connectivity index (χ0v) is 12.5. The highest BCUT2D eigenvalue weighted by Gasteiger charge is 2.46. The fraction of sp³-hybridized carbons (Fsp3) is 0.400. The van der Waals surface area contributed by atoms with E-state index in [2.05, 4.69) is 20.5 Å². The Kier molecular flexibility index (Phi) is 3.68. The third-order valence-corrected chi connectivity index (χ3v) is 4.45. The maximum absolute atomic E-state index is 12.7. The van der Waals surface area contributed by atoms with E-state index in [9.17, 15) is 4.79 Å². The molecule has 1 aromatic carbocycles. The lowest BCUT2D eigenvalue weighted by molar-refractivity contribution is -0.130. The number of carbonyl (C=O) groups excluding carboxylic acids is 1. The molecule has 1 saturated carbocycles. The quantitative estimate of drug-likeness (QED) is 0.912. The molecule has 2 aromatic rings. The second-order valence-corrected chi connectivity index (χ2v) is 5.95. The number of aromatic amines is 1. The normalized spacial score (nSPS) is 17.8. The molecule has 0 aliphatic heterocycles. The van der Waals surface area contributed by atoms with Crippen molar-refractivity contribution in [3.63, 3.8) is 0 Å². The molecule has 1 heterocycles. The Morgan fingerprint density at radius 2 is 2.29 bits per heavy atom. The highest BCUT2D eigenvalue weighted by molar-refractivity contribution is 6.30. The van der Waals surface area contributed by atoms with Gasteiger partial charge in [-0.1, -0.05) is 30.2 Å². The van der Waals surface area contributed by atoms with Crippen LogP contribution in [0.25, 0.3) is 0 Å². The van der Waals surface area contributed by atoms with E-state index >= 15 is 0 Å². The minimum Gasteiger partial charge on any atom is -0.346 e. The van der Waals surface area contributed by atoms with Crippen LogP contribution in [0, 0.1) is 0 Å². The van der Waals surface area contributed by atoms with Crippen molar-refractivity contribution < 1.29 is 4.79 Å². The fourth-order valence-electron chi connectivity index (χ4n) is 2.79. The predicted molar refractivity (Wildman–Crippen MR) is 79.9 cm³/mol. The van der Waals surface area contributed by atoms with Crippen LogP contribution in [0.15, 0.2) is 30.6 Å². The summed E-state index contributed by atoms with van der Waals surface area (Å²) in [6.07, 6.45) is 4.19. The standard InChI is InChI=1S/C15H17ClN4O/c1-10(13-17-9-18-20-13)19-14(21)15(6-3-7-15)11-4-2-5-12(16)8-11/h2,4-5,8-10H,3,6-7H2,1H3,(H,19,21)(H,17,18,20). The second-order valence-electron chi connectivity index (χ2n) is 5.51. The monoisotopic (exact) mass is 304 g/mol. The van der Waals surface area contributed by atoms with Gasteiger partial charge >= 0.3 is 0 Å². The molecule has 1 amide bonds. The zero-order valence-electron chi connectivity index (χ0n) is 11.8. The molecule has 21 heavy (non-hydrogen) atoms. The Labute approximate surface area is 128 Å². The van der Waals surface area contributed by atoms with Crippen LogP contribution >= 0.6 is 11.6 Å². The van der Waals surface area contributed by atoms with E-state index in [1.54, 1.807) is 0 Å². The van der Waals surface area contributed by atoms with Gasteiger partial charge in [0.05, 0.1) is 11.5 Å². The SMILES string of the molecule is CC(NC(=O)C1(c2cccc(Cl)c2)CCC1)c1ncn[nH]1. The van der Waals surface area contributed by atoms with Gasteiger partial charge in [-0.3, -0.25) is 9.89 Å². The van der Waals surface area contributed by atoms with Gasteiger partial charge in [-0.05, 0) is 37.5 Å². The highest BCUT2D eigenvalue weighted by Crippen LogP contribution is 2.44. The van der Waals surface area contributed by atoms with Gasteiger partial charge in [-0.15, -0.1) is 0 Å². The summed E-state index contributed by atoms with van der Waals surface area (Å²) >= 11 is 6.07. The molecule has 6 heteroatoms. The van der Waals surface area contributed by atoms with Gasteiger partial charge in [0.15, 0.2) is 0 Å². The molecule has 0 spiro atoms. The first-order valence-electron chi connectivity index (χ1n) is 7.04. The second kappa shape index (κ2) is 5.48. The Morgan fingerprint density at radius 3 is 2.86 bits per heavy atom. The third kappa shape index (κ3) is 2.53. The van der Waals surface area contributed by atoms with Crippen molar-refractivity contribution in [2.45, 2.75) is 37.6 Å². The first-order valence-corrected chi connectivity index (χ1v) is 7.42. The molecule has 0 saturated heterocycles. The maximum atomic E-state index is 12.7. The van der Waals surface area contributed by atoms with Crippen LogP contribution in [0.2, 0.25) is 5.02 Å². The molecule has 1 aliphatic rings. The summed E-state index contributed by atoms with van der Waals surface area (Å²) < 4.78 is 0. The number of amides is 1. The van der Waals surface area contributed by atoms with E-state index in [0.29, 0.717) is 10.8 Å². The largest absolute Gasteiger partial charge is 0.346 e. The summed E-state index contributed by atoms with van der Waals surface area (Å²) in [4.78, 5) is 16.8. The first-order chi connectivity index (χ1) is 10.1. The molecule has 1 aliphatic carbocycles. The number of hydrogen-bond acceptors (Lipinski definition) is 3. The molecule has 5 nitrogen and oxygen atoms in total. The highest BCUT2D eigenvalue weighted by atomic mass is 35.5. The topological polar surface area (TPSA) is 70.7 Å². The van der Waals surface area contributed by atoms with Crippen molar-refractivity contribution in [1.82, 2.24) is 20.5 Å². The lowest BCUT2D eigenvalue weighted by Crippen LogP contribution is -2.49. The van der Waals surface area contributed by atoms with E-state index in [-0.39, 0.29) is 11.9 Å². The summed E-state index contributed by atoms with van der Waals surface area (Å²) in [5.41, 5.74) is 0.530. The minimum absolute atomic E-state index is 0.0277. The number of benzene rings is 1. The molecule has 1 aromatic heterocycles. The lowest BCUT2D eigenvalue weighted by Gasteiger charge is -2.41. The van der Waals surface area contributed by atoms with Crippen LogP contribution < -0.4 is 5.32 Å². The summed E-state index contributed by atoms with van der Waals surface area (Å²) in [6.45, 7) is 1.89. The lowest BCUT2D eigenvalue weighted by atomic mass is 9.63. The van der Waals surface area contributed by atoms with Gasteiger partial charge < -0.3 is 5.32 Å². The van der Waals surface area contributed by atoms with Gasteiger partial charge in [0, 0.05) is 5.02 Å². The van der Waals surface area contributed by atoms with Crippen molar-refractivity contribution in [2.75, 3.05) is 0 Å². The van der Waals surface area contributed by atoms with Crippen LogP contribution in [0.5, 0.6) is 0 Å². The van der Waals surface area contributed by atoms with Crippen molar-refractivity contribution in [1.29, 1.82) is 0 Å². The number of carbonyl (C=O) groups is 1. The summed E-state index contributed by atoms with van der Waals surface area (Å²) in [5.74, 6) is 0.684. The molecular formula is C15H17ClN4O. The Balaban J connectivity index is 1.81. The van der Waals surface area contributed by atoms with Crippen LogP contribution in [0.3, 0.4) is 0 Å². The molecule has 1 fully saturated rings. The molecular weight excluding hydrogens is 288 g/mol. The Bertz CT molecular complexity index is 637. The number of hydrogen-bond donors (Lipinski definition) is 2. The van der Waals surface area contributed by atoms with Crippen molar-refractivity contribution in [2.24, 2.45) is 0 Å². The minimum atomic E-state index is -0.459. The fourth-order valence-corrected chi connectivity index (χ4v) is 2.98. The van der Waals surface area contributed by atoms with Crippen LogP contribution in [-0.4, -0.2) is 21.1 Å². The van der Waals surface area contributed by atoms with Gasteiger partial charge in [-0.25, -0.2) is 4.98 Å². The van der Waals surface area contributed by atoms with E-state index in [4.69, 9.17) is 11.6 Å². The van der Waals surface area contributed by atoms with Gasteiger partial charge in [-0.2, -0.15) is 5.10 Å². The smallest absolute Gasteiger partial charge is 0.231 e. The van der Waals surface area contributed by atoms with E-state index in [1.807, 2.05) is 31.2 Å².